The van der Waals surface area contributed by atoms with Crippen LogP contribution in [0.4, 0.5) is 11.5 Å². The van der Waals surface area contributed by atoms with E-state index < -0.39 is 14.9 Å². The zero-order chi connectivity index (χ0) is 14.8. The quantitative estimate of drug-likeness (QED) is 0.632. The number of nitrogens with one attached hydrogen (secondary N) is 1. The summed E-state index contributed by atoms with van der Waals surface area (Å²) in [7, 11) is -3.72. The maximum absolute atomic E-state index is 11.1. The number of rotatable bonds is 5. The fraction of sp³-hybridized carbons (Fsp3) is 0.100. The summed E-state index contributed by atoms with van der Waals surface area (Å²) >= 11 is 1.00. The lowest BCUT2D eigenvalue weighted by Gasteiger charge is -2.03. The average molecular weight is 314 g/mol. The monoisotopic (exact) mass is 314 g/mol. The fourth-order valence-electron chi connectivity index (χ4n) is 1.46. The van der Waals surface area contributed by atoms with Crippen LogP contribution >= 0.6 is 11.3 Å². The predicted molar refractivity (Wildman–Crippen MR) is 73.9 cm³/mol. The second kappa shape index (κ2) is 5.53. The number of pyridine rings is 1. The molecule has 10 heteroatoms. The first-order chi connectivity index (χ1) is 9.38. The molecule has 0 radical (unpaired) electrons. The SMILES string of the molecule is NS(=O)(=O)c1ccc(CNc2ncccc2[N+](=O)[O-])s1. The van der Waals surface area contributed by atoms with E-state index in [-0.39, 0.29) is 22.3 Å². The Morgan fingerprint density at radius 1 is 1.40 bits per heavy atom. The third-order valence-electron chi connectivity index (χ3n) is 2.33. The number of anilines is 1. The molecular formula is C10H10N4O4S2. The summed E-state index contributed by atoms with van der Waals surface area (Å²) in [5.74, 6) is 0.128. The van der Waals surface area contributed by atoms with Crippen molar-refractivity contribution in [2.75, 3.05) is 5.32 Å². The molecule has 2 rings (SSSR count). The second-order valence-corrected chi connectivity index (χ2v) is 6.70. The van der Waals surface area contributed by atoms with Gasteiger partial charge in [0.1, 0.15) is 4.21 Å². The second-order valence-electron chi connectivity index (χ2n) is 3.75. The Hall–Kier alpha value is -2.04. The van der Waals surface area contributed by atoms with Crippen molar-refractivity contribution in [1.82, 2.24) is 4.98 Å². The number of aromatic nitrogens is 1. The molecule has 0 saturated carbocycles. The zero-order valence-electron chi connectivity index (χ0n) is 10.0. The van der Waals surface area contributed by atoms with E-state index in [9.17, 15) is 18.5 Å². The van der Waals surface area contributed by atoms with Crippen molar-refractivity contribution >= 4 is 32.9 Å². The van der Waals surface area contributed by atoms with E-state index in [0.29, 0.717) is 4.88 Å². The van der Waals surface area contributed by atoms with E-state index >= 15 is 0 Å². The molecule has 3 N–H and O–H groups in total. The number of hydrogen-bond donors (Lipinski definition) is 2. The number of thiophene rings is 1. The van der Waals surface area contributed by atoms with Crippen LogP contribution in [0, 0.1) is 10.1 Å². The topological polar surface area (TPSA) is 128 Å². The van der Waals surface area contributed by atoms with Crippen molar-refractivity contribution < 1.29 is 13.3 Å². The van der Waals surface area contributed by atoms with E-state index in [1.165, 1.54) is 24.4 Å². The Balaban J connectivity index is 2.14. The highest BCUT2D eigenvalue weighted by atomic mass is 32.2. The average Bonchev–Trinajstić information content (AvgIpc) is 2.85. The highest BCUT2D eigenvalue weighted by molar-refractivity contribution is 7.91. The van der Waals surface area contributed by atoms with E-state index in [0.717, 1.165) is 11.3 Å². The summed E-state index contributed by atoms with van der Waals surface area (Å²) in [5.41, 5.74) is -0.143. The van der Waals surface area contributed by atoms with Crippen LogP contribution in [0.5, 0.6) is 0 Å². The molecule has 0 unspecified atom stereocenters. The van der Waals surface area contributed by atoms with Crippen molar-refractivity contribution in [2.45, 2.75) is 10.8 Å². The first-order valence-corrected chi connectivity index (χ1v) is 7.69. The summed E-state index contributed by atoms with van der Waals surface area (Å²) in [6.45, 7) is 0.220. The van der Waals surface area contributed by atoms with Gasteiger partial charge in [0.2, 0.25) is 15.8 Å². The third kappa shape index (κ3) is 3.29. The van der Waals surface area contributed by atoms with Crippen molar-refractivity contribution in [3.05, 3.63) is 45.5 Å². The minimum Gasteiger partial charge on any atom is -0.359 e. The normalized spacial score (nSPS) is 11.2. The molecule has 0 atom stereocenters. The minimum absolute atomic E-state index is 0.0461. The Kier molecular flexibility index (Phi) is 3.97. The van der Waals surface area contributed by atoms with Gasteiger partial charge >= 0.3 is 5.69 Å². The number of hydrogen-bond acceptors (Lipinski definition) is 7. The van der Waals surface area contributed by atoms with Gasteiger partial charge in [0.05, 0.1) is 11.5 Å². The third-order valence-corrected chi connectivity index (χ3v) is 4.85. The largest absolute Gasteiger partial charge is 0.359 e. The lowest BCUT2D eigenvalue weighted by molar-refractivity contribution is -0.384. The molecule has 0 saturated heterocycles. The summed E-state index contributed by atoms with van der Waals surface area (Å²) in [6.07, 6.45) is 1.43. The number of nitrogens with two attached hydrogens (primary N) is 1. The van der Waals surface area contributed by atoms with Crippen LogP contribution in [0.15, 0.2) is 34.7 Å². The minimum atomic E-state index is -3.72. The molecule has 0 aliphatic carbocycles. The standard InChI is InChI=1S/C10H10N4O4S2/c11-20(17,18)9-4-3-7(19-9)6-13-10-8(14(15)16)2-1-5-12-10/h1-5H,6H2,(H,12,13)(H2,11,17,18). The molecule has 2 heterocycles. The highest BCUT2D eigenvalue weighted by Crippen LogP contribution is 2.24. The Morgan fingerprint density at radius 2 is 2.15 bits per heavy atom. The Morgan fingerprint density at radius 3 is 2.75 bits per heavy atom. The van der Waals surface area contributed by atoms with Gasteiger partial charge < -0.3 is 5.32 Å². The van der Waals surface area contributed by atoms with Gasteiger partial charge in [-0.1, -0.05) is 0 Å². The molecule has 2 aromatic heterocycles. The lowest BCUT2D eigenvalue weighted by Crippen LogP contribution is -2.09. The van der Waals surface area contributed by atoms with Gasteiger partial charge in [-0.3, -0.25) is 10.1 Å². The van der Waals surface area contributed by atoms with Crippen LogP contribution < -0.4 is 10.5 Å². The van der Waals surface area contributed by atoms with Crippen LogP contribution in [-0.4, -0.2) is 18.3 Å². The van der Waals surface area contributed by atoms with Gasteiger partial charge in [-0.05, 0) is 18.2 Å². The van der Waals surface area contributed by atoms with Crippen LogP contribution in [0.25, 0.3) is 0 Å². The fourth-order valence-corrected chi connectivity index (χ4v) is 3.18. The smallest absolute Gasteiger partial charge is 0.311 e. The van der Waals surface area contributed by atoms with Crippen LogP contribution in [-0.2, 0) is 16.6 Å². The van der Waals surface area contributed by atoms with Gasteiger partial charge in [0, 0.05) is 17.1 Å². The van der Waals surface area contributed by atoms with Crippen LogP contribution in [0.3, 0.4) is 0 Å². The van der Waals surface area contributed by atoms with Gasteiger partial charge in [-0.25, -0.2) is 18.5 Å². The van der Waals surface area contributed by atoms with Crippen molar-refractivity contribution in [3.63, 3.8) is 0 Å². The van der Waals surface area contributed by atoms with Crippen molar-refractivity contribution in [2.24, 2.45) is 5.14 Å². The van der Waals surface area contributed by atoms with Crippen LogP contribution in [0.2, 0.25) is 0 Å². The summed E-state index contributed by atoms with van der Waals surface area (Å²) < 4.78 is 22.3. The van der Waals surface area contributed by atoms with Gasteiger partial charge in [0.15, 0.2) is 0 Å². The molecule has 0 aromatic carbocycles. The van der Waals surface area contributed by atoms with Gasteiger partial charge in [-0.15, -0.1) is 11.3 Å². The van der Waals surface area contributed by atoms with E-state index in [4.69, 9.17) is 5.14 Å². The van der Waals surface area contributed by atoms with Crippen LogP contribution in [0.1, 0.15) is 4.88 Å². The van der Waals surface area contributed by atoms with Gasteiger partial charge in [-0.2, -0.15) is 0 Å². The first kappa shape index (κ1) is 14.4. The molecule has 0 fully saturated rings. The van der Waals surface area contributed by atoms with Crippen molar-refractivity contribution in [3.8, 4) is 0 Å². The first-order valence-electron chi connectivity index (χ1n) is 5.33. The van der Waals surface area contributed by atoms with Crippen molar-refractivity contribution in [1.29, 1.82) is 0 Å². The molecule has 2 aromatic rings. The number of nitro groups is 1. The Bertz CT molecular complexity index is 741. The Labute approximate surface area is 118 Å². The molecule has 106 valence electrons. The summed E-state index contributed by atoms with van der Waals surface area (Å²) in [5, 5.41) is 18.6. The lowest BCUT2D eigenvalue weighted by atomic mass is 10.4. The molecule has 0 bridgehead atoms. The molecular weight excluding hydrogens is 304 g/mol. The molecule has 8 nitrogen and oxygen atoms in total. The molecule has 0 aliphatic rings. The maximum atomic E-state index is 11.1. The van der Waals surface area contributed by atoms with E-state index in [2.05, 4.69) is 10.3 Å². The summed E-state index contributed by atoms with van der Waals surface area (Å²) in [4.78, 5) is 14.8. The molecule has 0 spiro atoms. The molecule has 20 heavy (non-hydrogen) atoms. The zero-order valence-corrected chi connectivity index (χ0v) is 11.6. The number of sulfonamides is 1. The molecule has 0 aliphatic heterocycles. The maximum Gasteiger partial charge on any atom is 0.311 e. The molecule has 0 amide bonds. The number of nitrogens with zero attached hydrogens (tertiary/aromatic N) is 2. The summed E-state index contributed by atoms with van der Waals surface area (Å²) in [6, 6.07) is 5.78. The van der Waals surface area contributed by atoms with E-state index in [1.807, 2.05) is 0 Å². The predicted octanol–water partition coefficient (Wildman–Crippen LogP) is 1.31. The number of primary sulfonamides is 1. The highest BCUT2D eigenvalue weighted by Gasteiger charge is 2.15. The van der Waals surface area contributed by atoms with Gasteiger partial charge in [0.25, 0.3) is 0 Å². The van der Waals surface area contributed by atoms with E-state index in [1.54, 1.807) is 6.07 Å².